The summed E-state index contributed by atoms with van der Waals surface area (Å²) in [5.74, 6) is -4.40. The van der Waals surface area contributed by atoms with Crippen LogP contribution in [0.5, 0.6) is 0 Å². The van der Waals surface area contributed by atoms with Crippen LogP contribution in [0.2, 0.25) is 0 Å². The van der Waals surface area contributed by atoms with E-state index < -0.39 is 78.9 Å². The second-order valence-corrected chi connectivity index (χ2v) is 7.25. The first-order valence-electron chi connectivity index (χ1n) is 10.0. The molecular formula is C20H29NO12. The van der Waals surface area contributed by atoms with Crippen LogP contribution in [0.1, 0.15) is 41.0 Å². The second-order valence-electron chi connectivity index (χ2n) is 7.25. The van der Waals surface area contributed by atoms with Crippen LogP contribution in [0, 0.1) is 0 Å². The monoisotopic (exact) mass is 475 g/mol. The molecule has 1 heterocycles. The Labute approximate surface area is 190 Å². The predicted molar refractivity (Wildman–Crippen MR) is 106 cm³/mol. The van der Waals surface area contributed by atoms with Crippen LogP contribution in [0.4, 0.5) is 0 Å². The molecule has 1 saturated heterocycles. The van der Waals surface area contributed by atoms with E-state index in [1.54, 1.807) is 0 Å². The average Bonchev–Trinajstić information content (AvgIpc) is 2.68. The van der Waals surface area contributed by atoms with Gasteiger partial charge in [-0.15, -0.1) is 0 Å². The first-order chi connectivity index (χ1) is 15.3. The van der Waals surface area contributed by atoms with E-state index in [9.17, 15) is 28.8 Å². The lowest BCUT2D eigenvalue weighted by Gasteiger charge is -2.44. The van der Waals surface area contributed by atoms with Crippen LogP contribution < -0.4 is 5.32 Å². The number of hydrogen-bond acceptors (Lipinski definition) is 12. The highest BCUT2D eigenvalue weighted by molar-refractivity contribution is 5.76. The van der Waals surface area contributed by atoms with Crippen molar-refractivity contribution >= 4 is 35.8 Å². The van der Waals surface area contributed by atoms with Crippen LogP contribution in [-0.2, 0) is 57.2 Å². The van der Waals surface area contributed by atoms with Gasteiger partial charge in [-0.2, -0.15) is 0 Å². The molecule has 1 fully saturated rings. The van der Waals surface area contributed by atoms with Gasteiger partial charge < -0.3 is 33.7 Å². The van der Waals surface area contributed by atoms with Gasteiger partial charge in [0.1, 0.15) is 18.8 Å². The molecule has 1 aliphatic rings. The van der Waals surface area contributed by atoms with Crippen molar-refractivity contribution in [3.8, 4) is 0 Å². The fourth-order valence-corrected chi connectivity index (χ4v) is 3.36. The van der Waals surface area contributed by atoms with Gasteiger partial charge in [-0.3, -0.25) is 24.0 Å². The van der Waals surface area contributed by atoms with Crippen molar-refractivity contribution in [2.45, 2.75) is 77.6 Å². The quantitative estimate of drug-likeness (QED) is 0.325. The van der Waals surface area contributed by atoms with Crippen LogP contribution in [0.3, 0.4) is 0 Å². The average molecular weight is 475 g/mol. The van der Waals surface area contributed by atoms with Crippen molar-refractivity contribution in [2.75, 3.05) is 13.7 Å². The van der Waals surface area contributed by atoms with E-state index in [4.69, 9.17) is 28.4 Å². The number of esters is 5. The van der Waals surface area contributed by atoms with Gasteiger partial charge in [0.05, 0.1) is 13.2 Å². The Morgan fingerprint density at radius 1 is 0.909 bits per heavy atom. The predicted octanol–water partition coefficient (Wildman–Crippen LogP) is -0.820. The molecule has 186 valence electrons. The van der Waals surface area contributed by atoms with Crippen LogP contribution in [-0.4, -0.2) is 86.0 Å². The van der Waals surface area contributed by atoms with E-state index >= 15 is 0 Å². The lowest BCUT2D eigenvalue weighted by molar-refractivity contribution is -0.217. The van der Waals surface area contributed by atoms with Crippen molar-refractivity contribution in [2.24, 2.45) is 0 Å². The Kier molecular flexibility index (Phi) is 10.7. The zero-order valence-electron chi connectivity index (χ0n) is 19.3. The lowest BCUT2D eigenvalue weighted by atomic mass is 9.89. The molecule has 0 saturated carbocycles. The molecule has 0 aromatic heterocycles. The first kappa shape index (κ1) is 27.8. The molecular weight excluding hydrogens is 446 g/mol. The van der Waals surface area contributed by atoms with E-state index in [-0.39, 0.29) is 6.42 Å². The highest BCUT2D eigenvalue weighted by atomic mass is 16.6. The Balaban J connectivity index is 3.53. The summed E-state index contributed by atoms with van der Waals surface area (Å²) in [6.45, 7) is 5.07. The molecule has 1 rings (SSSR count). The largest absolute Gasteiger partial charge is 0.467 e. The lowest BCUT2D eigenvalue weighted by Crippen LogP contribution is -2.65. The summed E-state index contributed by atoms with van der Waals surface area (Å²) in [6, 6.07) is -1.13. The maximum atomic E-state index is 12.2. The van der Waals surface area contributed by atoms with Gasteiger partial charge in [-0.05, 0) is 0 Å². The van der Waals surface area contributed by atoms with E-state index in [2.05, 4.69) is 5.32 Å². The van der Waals surface area contributed by atoms with Crippen LogP contribution in [0.15, 0.2) is 0 Å². The molecule has 0 aliphatic carbocycles. The first-order valence-corrected chi connectivity index (χ1v) is 10.0. The normalized spacial score (nSPS) is 23.8. The summed E-state index contributed by atoms with van der Waals surface area (Å²) in [7, 11) is 1.12. The number of carbonyl (C=O) groups is 6. The molecule has 33 heavy (non-hydrogen) atoms. The summed E-state index contributed by atoms with van der Waals surface area (Å²) >= 11 is 0. The molecule has 0 spiro atoms. The van der Waals surface area contributed by atoms with Crippen molar-refractivity contribution in [1.82, 2.24) is 5.32 Å². The molecule has 1 aliphatic heterocycles. The molecule has 1 N–H and O–H groups in total. The number of rotatable bonds is 9. The van der Waals surface area contributed by atoms with Gasteiger partial charge in [0.15, 0.2) is 18.3 Å². The maximum Gasteiger partial charge on any atom is 0.335 e. The number of carbonyl (C=O) groups excluding carboxylic acids is 6. The van der Waals surface area contributed by atoms with Gasteiger partial charge in [-0.1, -0.05) is 0 Å². The third-order valence-electron chi connectivity index (χ3n) is 4.43. The smallest absolute Gasteiger partial charge is 0.335 e. The Bertz CT molecular complexity index is 766. The summed E-state index contributed by atoms with van der Waals surface area (Å²) in [5.41, 5.74) is 0. The Morgan fingerprint density at radius 3 is 1.97 bits per heavy atom. The molecule has 13 nitrogen and oxygen atoms in total. The number of amides is 1. The van der Waals surface area contributed by atoms with Crippen molar-refractivity contribution in [1.29, 1.82) is 0 Å². The molecule has 13 heteroatoms. The fraction of sp³-hybridized carbons (Fsp3) is 0.700. The number of methoxy groups -OCH3 is 1. The highest BCUT2D eigenvalue weighted by Crippen LogP contribution is 2.29. The Hall–Kier alpha value is -3.22. The van der Waals surface area contributed by atoms with E-state index in [0.717, 1.165) is 34.8 Å². The van der Waals surface area contributed by atoms with Crippen LogP contribution >= 0.6 is 0 Å². The van der Waals surface area contributed by atoms with Gasteiger partial charge in [0, 0.05) is 41.0 Å². The minimum atomic E-state index is -1.48. The maximum absolute atomic E-state index is 12.2. The van der Waals surface area contributed by atoms with Gasteiger partial charge in [-0.25, -0.2) is 4.79 Å². The third-order valence-corrected chi connectivity index (χ3v) is 4.43. The molecule has 0 bridgehead atoms. The zero-order chi connectivity index (χ0) is 25.3. The summed E-state index contributed by atoms with van der Waals surface area (Å²) in [5, 5.41) is 2.56. The topological polar surface area (TPSA) is 170 Å². The van der Waals surface area contributed by atoms with Crippen molar-refractivity contribution in [3.63, 3.8) is 0 Å². The van der Waals surface area contributed by atoms with E-state index in [1.165, 1.54) is 6.92 Å². The molecule has 0 aromatic carbocycles. The second kappa shape index (κ2) is 12.7. The summed E-state index contributed by atoms with van der Waals surface area (Å²) in [6.07, 6.45) is -6.79. The van der Waals surface area contributed by atoms with Crippen molar-refractivity contribution in [3.05, 3.63) is 0 Å². The number of ether oxygens (including phenoxy) is 6. The summed E-state index contributed by atoms with van der Waals surface area (Å²) < 4.78 is 31.3. The standard InChI is InChI=1S/C20H29NO12/c1-9(22)21-17-14(30-11(3)24)7-15(20(27)28-6)33-19(17)18(32-13(5)26)16(31-12(4)25)8-29-10(2)23/h14-19H,7-8H2,1-6H3,(H,21,22)/t14?,15-,16+,17+,18+,19?/m0/s1. The van der Waals surface area contributed by atoms with Gasteiger partial charge >= 0.3 is 29.8 Å². The fourth-order valence-electron chi connectivity index (χ4n) is 3.36. The zero-order valence-corrected chi connectivity index (χ0v) is 19.3. The molecule has 6 atom stereocenters. The third kappa shape index (κ3) is 9.04. The minimum absolute atomic E-state index is 0.178. The highest BCUT2D eigenvalue weighted by Gasteiger charge is 2.51. The molecule has 1 amide bonds. The molecule has 2 unspecified atom stereocenters. The van der Waals surface area contributed by atoms with E-state index in [1.807, 2.05) is 0 Å². The molecule has 0 radical (unpaired) electrons. The molecule has 0 aromatic rings. The summed E-state index contributed by atoms with van der Waals surface area (Å²) in [4.78, 5) is 70.8. The number of hydrogen-bond donors (Lipinski definition) is 1. The Morgan fingerprint density at radius 2 is 1.52 bits per heavy atom. The van der Waals surface area contributed by atoms with Crippen molar-refractivity contribution < 1.29 is 57.2 Å². The minimum Gasteiger partial charge on any atom is -0.467 e. The van der Waals surface area contributed by atoms with E-state index in [0.29, 0.717) is 0 Å². The van der Waals surface area contributed by atoms with Gasteiger partial charge in [0.25, 0.3) is 0 Å². The van der Waals surface area contributed by atoms with Gasteiger partial charge in [0.2, 0.25) is 5.91 Å². The number of nitrogens with one attached hydrogen (secondary N) is 1. The SMILES string of the molecule is COC(=O)[C@@H]1CC(OC(C)=O)[C@@H](NC(C)=O)C([C@H](OC(C)=O)[C@@H](COC(C)=O)OC(C)=O)O1. The van der Waals surface area contributed by atoms with Crippen LogP contribution in [0.25, 0.3) is 0 Å².